The molecule has 1 aromatic heterocycles. The molecule has 1 amide bonds. The molecule has 0 unspecified atom stereocenters. The fourth-order valence-electron chi connectivity index (χ4n) is 8.04. The lowest BCUT2D eigenvalue weighted by molar-refractivity contribution is -0.137. The number of anilines is 1. The van der Waals surface area contributed by atoms with Crippen molar-refractivity contribution in [3.63, 3.8) is 0 Å². The van der Waals surface area contributed by atoms with Gasteiger partial charge in [-0.3, -0.25) is 4.79 Å². The van der Waals surface area contributed by atoms with Crippen molar-refractivity contribution in [3.05, 3.63) is 88.2 Å². The van der Waals surface area contributed by atoms with Crippen molar-refractivity contribution in [3.8, 4) is 11.8 Å². The lowest BCUT2D eigenvalue weighted by Crippen LogP contribution is -2.48. The van der Waals surface area contributed by atoms with E-state index in [2.05, 4.69) is 34.1 Å². The van der Waals surface area contributed by atoms with Gasteiger partial charge in [0.15, 0.2) is 0 Å². The van der Waals surface area contributed by atoms with Crippen LogP contribution in [0.25, 0.3) is 11.8 Å². The van der Waals surface area contributed by atoms with Crippen molar-refractivity contribution in [1.82, 2.24) is 4.57 Å². The Balaban J connectivity index is 1.24. The van der Waals surface area contributed by atoms with Gasteiger partial charge in [0.1, 0.15) is 11.6 Å². The van der Waals surface area contributed by atoms with Gasteiger partial charge in [0.05, 0.1) is 5.56 Å². The predicted molar refractivity (Wildman–Crippen MR) is 149 cm³/mol. The number of rotatable bonds is 5. The maximum absolute atomic E-state index is 13.1. The van der Waals surface area contributed by atoms with Crippen LogP contribution in [0, 0.1) is 42.9 Å². The average Bonchev–Trinajstić information content (AvgIpc) is 3.18. The van der Waals surface area contributed by atoms with Crippen molar-refractivity contribution < 1.29 is 18.0 Å². The molecule has 0 spiro atoms. The fraction of sp³-hybridized carbons (Fsp3) is 0.394. The summed E-state index contributed by atoms with van der Waals surface area (Å²) in [6.07, 6.45) is 5.15. The zero-order valence-electron chi connectivity index (χ0n) is 22.7. The van der Waals surface area contributed by atoms with E-state index in [1.165, 1.54) is 62.3 Å². The lowest BCUT2D eigenvalue weighted by atomic mass is 9.48. The minimum atomic E-state index is -4.53. The van der Waals surface area contributed by atoms with Crippen molar-refractivity contribution in [2.45, 2.75) is 64.0 Å². The molecule has 4 fully saturated rings. The van der Waals surface area contributed by atoms with Crippen LogP contribution in [0.2, 0.25) is 0 Å². The third-order valence-electron chi connectivity index (χ3n) is 9.36. The Morgan fingerprint density at radius 1 is 1.00 bits per heavy atom. The minimum Gasteiger partial charge on any atom is -0.321 e. The number of benzene rings is 2. The normalized spacial score (nSPS) is 25.6. The summed E-state index contributed by atoms with van der Waals surface area (Å²) in [5.74, 6) is 1.89. The molecule has 3 aromatic rings. The largest absolute Gasteiger partial charge is 0.416 e. The van der Waals surface area contributed by atoms with E-state index in [0.717, 1.165) is 47.0 Å². The third-order valence-corrected chi connectivity index (χ3v) is 9.36. The van der Waals surface area contributed by atoms with Crippen LogP contribution in [0.1, 0.15) is 66.6 Å². The summed E-state index contributed by atoms with van der Waals surface area (Å²) in [4.78, 5) is 12.8. The Morgan fingerprint density at radius 3 is 2.20 bits per heavy atom. The Bertz CT molecular complexity index is 1500. The van der Waals surface area contributed by atoms with Crippen molar-refractivity contribution >= 4 is 17.7 Å². The molecule has 0 atom stereocenters. The SMILES string of the molecule is Cc1cc(/C=C(/C#N)C(=O)Nc2cccc(C(F)(F)F)c2)c(C)n1-c1ccc(C23CC4CC(CC(C4)C2)C3)cc1. The first kappa shape index (κ1) is 26.4. The van der Waals surface area contributed by atoms with Crippen molar-refractivity contribution in [1.29, 1.82) is 5.26 Å². The van der Waals surface area contributed by atoms with Gasteiger partial charge in [-0.05, 0) is 129 Å². The molecule has 206 valence electrons. The summed E-state index contributed by atoms with van der Waals surface area (Å²) < 4.78 is 41.3. The quantitative estimate of drug-likeness (QED) is 0.261. The fourth-order valence-corrected chi connectivity index (χ4v) is 8.04. The van der Waals surface area contributed by atoms with E-state index >= 15 is 0 Å². The summed E-state index contributed by atoms with van der Waals surface area (Å²) in [5, 5.41) is 12.1. The number of alkyl halides is 3. The van der Waals surface area contributed by atoms with Gasteiger partial charge in [-0.15, -0.1) is 0 Å². The van der Waals surface area contributed by atoms with E-state index in [9.17, 15) is 23.2 Å². The molecule has 0 saturated heterocycles. The minimum absolute atomic E-state index is 0.0226. The number of aromatic nitrogens is 1. The summed E-state index contributed by atoms with van der Waals surface area (Å²) in [6, 6.07) is 17.1. The van der Waals surface area contributed by atoms with Crippen LogP contribution >= 0.6 is 0 Å². The zero-order chi connectivity index (χ0) is 28.2. The maximum Gasteiger partial charge on any atom is 0.416 e. The van der Waals surface area contributed by atoms with E-state index in [1.807, 2.05) is 26.0 Å². The van der Waals surface area contributed by atoms with Gasteiger partial charge in [0, 0.05) is 22.8 Å². The Morgan fingerprint density at radius 2 is 1.62 bits per heavy atom. The molecule has 40 heavy (non-hydrogen) atoms. The second-order valence-electron chi connectivity index (χ2n) is 12.1. The molecule has 7 rings (SSSR count). The number of carbonyl (C=O) groups excluding carboxylic acids is 1. The number of halogens is 3. The molecule has 4 nitrogen and oxygen atoms in total. The first-order chi connectivity index (χ1) is 19.0. The molecule has 1 N–H and O–H groups in total. The van der Waals surface area contributed by atoms with Crippen LogP contribution in [0.5, 0.6) is 0 Å². The summed E-state index contributed by atoms with van der Waals surface area (Å²) >= 11 is 0. The Kier molecular flexibility index (Phi) is 6.40. The summed E-state index contributed by atoms with van der Waals surface area (Å²) in [6.45, 7) is 3.91. The molecule has 2 aromatic carbocycles. The highest BCUT2D eigenvalue weighted by Gasteiger charge is 2.51. The standard InChI is InChI=1S/C33H32F3N3O/c1-20-10-25(14-26(19-37)31(40)38-29-5-3-4-28(15-29)33(34,35)36)21(2)39(20)30-8-6-27(7-9-30)32-16-22-11-23(17-32)13-24(12-22)18-32/h3-10,14-15,22-24H,11-13,16-18H2,1-2H3,(H,38,40)/b26-14-. The number of nitrogens with one attached hydrogen (secondary N) is 1. The molecular formula is C33H32F3N3O. The zero-order valence-corrected chi connectivity index (χ0v) is 22.7. The topological polar surface area (TPSA) is 57.8 Å². The Labute approximate surface area is 232 Å². The Hall–Kier alpha value is -3.79. The molecule has 0 aliphatic heterocycles. The highest BCUT2D eigenvalue weighted by Crippen LogP contribution is 2.60. The molecule has 4 saturated carbocycles. The smallest absolute Gasteiger partial charge is 0.321 e. The van der Waals surface area contributed by atoms with Crippen LogP contribution in [-0.4, -0.2) is 10.5 Å². The van der Waals surface area contributed by atoms with Crippen LogP contribution in [0.3, 0.4) is 0 Å². The number of nitrogens with zero attached hydrogens (tertiary/aromatic N) is 2. The van der Waals surface area contributed by atoms with Crippen LogP contribution in [0.15, 0.2) is 60.2 Å². The monoisotopic (exact) mass is 543 g/mol. The third kappa shape index (κ3) is 4.74. The van der Waals surface area contributed by atoms with Gasteiger partial charge in [-0.2, -0.15) is 18.4 Å². The van der Waals surface area contributed by atoms with Crippen LogP contribution in [-0.2, 0) is 16.4 Å². The first-order valence-electron chi connectivity index (χ1n) is 13.9. The van der Waals surface area contributed by atoms with E-state index in [1.54, 1.807) is 0 Å². The average molecular weight is 544 g/mol. The number of nitriles is 1. The summed E-state index contributed by atoms with van der Waals surface area (Å²) in [7, 11) is 0. The molecule has 1 heterocycles. The number of hydrogen-bond donors (Lipinski definition) is 1. The highest BCUT2D eigenvalue weighted by molar-refractivity contribution is 6.09. The van der Waals surface area contributed by atoms with Gasteiger partial charge in [0.25, 0.3) is 5.91 Å². The first-order valence-corrected chi connectivity index (χ1v) is 13.9. The van der Waals surface area contributed by atoms with Crippen molar-refractivity contribution in [2.24, 2.45) is 17.8 Å². The number of aryl methyl sites for hydroxylation is 1. The van der Waals surface area contributed by atoms with E-state index < -0.39 is 17.6 Å². The van der Waals surface area contributed by atoms with Crippen molar-refractivity contribution in [2.75, 3.05) is 5.32 Å². The second-order valence-corrected chi connectivity index (χ2v) is 12.1. The van der Waals surface area contributed by atoms with Crippen LogP contribution in [0.4, 0.5) is 18.9 Å². The highest BCUT2D eigenvalue weighted by atomic mass is 19.4. The number of amides is 1. The molecular weight excluding hydrogens is 511 g/mol. The number of hydrogen-bond acceptors (Lipinski definition) is 2. The lowest BCUT2D eigenvalue weighted by Gasteiger charge is -2.57. The van der Waals surface area contributed by atoms with Gasteiger partial charge in [0.2, 0.25) is 0 Å². The van der Waals surface area contributed by atoms with E-state index in [-0.39, 0.29) is 11.3 Å². The van der Waals surface area contributed by atoms with Crippen LogP contribution < -0.4 is 5.32 Å². The van der Waals surface area contributed by atoms with E-state index in [4.69, 9.17) is 0 Å². The molecule has 0 radical (unpaired) electrons. The van der Waals surface area contributed by atoms with Gasteiger partial charge >= 0.3 is 6.18 Å². The molecule has 4 aliphatic rings. The maximum atomic E-state index is 13.1. The molecule has 4 bridgehead atoms. The summed E-state index contributed by atoms with van der Waals surface area (Å²) in [5.41, 5.74) is 4.27. The second kappa shape index (κ2) is 9.69. The van der Waals surface area contributed by atoms with Gasteiger partial charge in [-0.1, -0.05) is 18.2 Å². The van der Waals surface area contributed by atoms with Gasteiger partial charge < -0.3 is 9.88 Å². The molecule has 7 heteroatoms. The predicted octanol–water partition coefficient (Wildman–Crippen LogP) is 8.13. The van der Waals surface area contributed by atoms with E-state index in [0.29, 0.717) is 11.0 Å². The van der Waals surface area contributed by atoms with Gasteiger partial charge in [-0.25, -0.2) is 0 Å². The molecule has 4 aliphatic carbocycles. The number of carbonyl (C=O) groups is 1.